The van der Waals surface area contributed by atoms with Crippen LogP contribution in [0.2, 0.25) is 0 Å². The molecule has 0 aliphatic carbocycles. The van der Waals surface area contributed by atoms with E-state index in [0.29, 0.717) is 0 Å². The Kier molecular flexibility index (Phi) is 3.50. The van der Waals surface area contributed by atoms with Gasteiger partial charge in [-0.2, -0.15) is 9.78 Å². The predicted octanol–water partition coefficient (Wildman–Crippen LogP) is 5.23. The standard InChI is InChI=1S/C23H20O3/c1-2-20-19-15-9-10-16-21(19)23(18-13-7-4-8-14-18)24-22(20,25-26-23)17-11-5-3-6-12-17/h3-16,20H,2H2,1H3/t20?,22-,23+/m1/s1. The molecule has 5 rings (SSSR count). The molecule has 3 aromatic carbocycles. The molecule has 2 aliphatic heterocycles. The minimum absolute atomic E-state index is 0.0421. The molecule has 26 heavy (non-hydrogen) atoms. The van der Waals surface area contributed by atoms with E-state index in [1.54, 1.807) is 0 Å². The quantitative estimate of drug-likeness (QED) is 0.609. The largest absolute Gasteiger partial charge is 0.300 e. The van der Waals surface area contributed by atoms with Gasteiger partial charge < -0.3 is 0 Å². The molecular formula is C23H20O3. The van der Waals surface area contributed by atoms with E-state index >= 15 is 0 Å². The van der Waals surface area contributed by atoms with Crippen molar-refractivity contribution in [3.05, 3.63) is 107 Å². The van der Waals surface area contributed by atoms with Crippen LogP contribution in [0.4, 0.5) is 0 Å². The molecule has 2 heterocycles. The Hall–Kier alpha value is -2.46. The maximum Gasteiger partial charge on any atom is 0.257 e. The first-order valence-corrected chi connectivity index (χ1v) is 9.07. The van der Waals surface area contributed by atoms with Gasteiger partial charge in [0, 0.05) is 22.6 Å². The molecule has 3 nitrogen and oxygen atoms in total. The summed E-state index contributed by atoms with van der Waals surface area (Å²) in [6.45, 7) is 2.16. The van der Waals surface area contributed by atoms with Crippen molar-refractivity contribution in [2.75, 3.05) is 0 Å². The summed E-state index contributed by atoms with van der Waals surface area (Å²) in [5.74, 6) is -1.97. The van der Waals surface area contributed by atoms with Crippen LogP contribution in [-0.2, 0) is 26.1 Å². The van der Waals surface area contributed by atoms with Crippen LogP contribution in [0, 0.1) is 0 Å². The van der Waals surface area contributed by atoms with Gasteiger partial charge in [-0.1, -0.05) is 91.9 Å². The monoisotopic (exact) mass is 344 g/mol. The Bertz CT molecular complexity index is 924. The van der Waals surface area contributed by atoms with E-state index in [1.165, 1.54) is 5.56 Å². The zero-order chi connectivity index (χ0) is 17.6. The maximum absolute atomic E-state index is 6.73. The van der Waals surface area contributed by atoms with E-state index < -0.39 is 11.6 Å². The lowest BCUT2D eigenvalue weighted by Gasteiger charge is -2.41. The predicted molar refractivity (Wildman–Crippen MR) is 98.1 cm³/mol. The third-order valence-electron chi connectivity index (χ3n) is 5.47. The number of ether oxygens (including phenoxy) is 1. The summed E-state index contributed by atoms with van der Waals surface area (Å²) in [6.07, 6.45) is 0.875. The lowest BCUT2D eigenvalue weighted by Crippen LogP contribution is -2.43. The van der Waals surface area contributed by atoms with Crippen LogP contribution in [0.25, 0.3) is 0 Å². The Labute approximate surface area is 153 Å². The molecule has 2 aliphatic rings. The topological polar surface area (TPSA) is 27.7 Å². The molecule has 1 fully saturated rings. The highest BCUT2D eigenvalue weighted by atomic mass is 17.3. The summed E-state index contributed by atoms with van der Waals surface area (Å²) >= 11 is 0. The van der Waals surface area contributed by atoms with Crippen LogP contribution in [0.15, 0.2) is 84.9 Å². The minimum Gasteiger partial charge on any atom is -0.300 e. The van der Waals surface area contributed by atoms with Crippen molar-refractivity contribution < 1.29 is 14.5 Å². The highest BCUT2D eigenvalue weighted by Gasteiger charge is 2.64. The molecule has 0 saturated carbocycles. The van der Waals surface area contributed by atoms with Gasteiger partial charge in [-0.3, -0.25) is 4.74 Å². The smallest absolute Gasteiger partial charge is 0.257 e. The first-order chi connectivity index (χ1) is 12.8. The lowest BCUT2D eigenvalue weighted by molar-refractivity contribution is -0.351. The van der Waals surface area contributed by atoms with Crippen LogP contribution in [0.1, 0.15) is 41.5 Å². The van der Waals surface area contributed by atoms with Crippen molar-refractivity contribution in [2.24, 2.45) is 0 Å². The Morgan fingerprint density at radius 3 is 2.04 bits per heavy atom. The minimum atomic E-state index is -1.06. The van der Waals surface area contributed by atoms with E-state index in [0.717, 1.165) is 23.1 Å². The molecule has 0 amide bonds. The normalized spacial score (nSPS) is 29.3. The fourth-order valence-electron chi connectivity index (χ4n) is 4.29. The Balaban J connectivity index is 1.79. The van der Waals surface area contributed by atoms with E-state index in [2.05, 4.69) is 25.1 Å². The summed E-state index contributed by atoms with van der Waals surface area (Å²) in [4.78, 5) is 12.1. The molecule has 3 atom stereocenters. The van der Waals surface area contributed by atoms with E-state index in [1.807, 2.05) is 66.7 Å². The first-order valence-electron chi connectivity index (χ1n) is 9.07. The molecule has 0 aromatic heterocycles. The second-order valence-corrected chi connectivity index (χ2v) is 6.83. The van der Waals surface area contributed by atoms with Crippen LogP contribution < -0.4 is 0 Å². The fraction of sp³-hybridized carbons (Fsp3) is 0.217. The number of hydrogen-bond acceptors (Lipinski definition) is 3. The number of rotatable bonds is 3. The van der Waals surface area contributed by atoms with Gasteiger partial charge in [0.25, 0.3) is 5.79 Å². The van der Waals surface area contributed by atoms with E-state index in [4.69, 9.17) is 14.5 Å². The molecule has 0 radical (unpaired) electrons. The van der Waals surface area contributed by atoms with Crippen molar-refractivity contribution in [2.45, 2.75) is 30.8 Å². The SMILES string of the molecule is CCC1c2ccccc2[C@]2(c3ccccc3)OO[C@@]1(c1ccccc1)O2. The van der Waals surface area contributed by atoms with E-state index in [9.17, 15) is 0 Å². The second-order valence-electron chi connectivity index (χ2n) is 6.83. The molecule has 3 heteroatoms. The van der Waals surface area contributed by atoms with Gasteiger partial charge in [-0.25, -0.2) is 0 Å². The molecular weight excluding hydrogens is 324 g/mol. The van der Waals surface area contributed by atoms with Gasteiger partial charge in [-0.15, -0.1) is 0 Å². The van der Waals surface area contributed by atoms with Gasteiger partial charge in [0.15, 0.2) is 0 Å². The van der Waals surface area contributed by atoms with Gasteiger partial charge in [0.05, 0.1) is 0 Å². The zero-order valence-electron chi connectivity index (χ0n) is 14.6. The maximum atomic E-state index is 6.73. The van der Waals surface area contributed by atoms with Crippen molar-refractivity contribution in [3.8, 4) is 0 Å². The fourth-order valence-corrected chi connectivity index (χ4v) is 4.29. The van der Waals surface area contributed by atoms with Crippen LogP contribution >= 0.6 is 0 Å². The van der Waals surface area contributed by atoms with Gasteiger partial charge in [-0.05, 0) is 12.0 Å². The van der Waals surface area contributed by atoms with Gasteiger partial charge in [0.2, 0.25) is 5.79 Å². The molecule has 3 aromatic rings. The van der Waals surface area contributed by atoms with Crippen molar-refractivity contribution in [1.29, 1.82) is 0 Å². The summed E-state index contributed by atoms with van der Waals surface area (Å²) in [6, 6.07) is 28.5. The highest BCUT2D eigenvalue weighted by molar-refractivity contribution is 5.46. The Morgan fingerprint density at radius 2 is 1.35 bits per heavy atom. The third-order valence-corrected chi connectivity index (χ3v) is 5.47. The molecule has 0 spiro atoms. The van der Waals surface area contributed by atoms with Crippen molar-refractivity contribution in [3.63, 3.8) is 0 Å². The molecule has 2 bridgehead atoms. The van der Waals surface area contributed by atoms with Crippen LogP contribution in [0.5, 0.6) is 0 Å². The molecule has 130 valence electrons. The molecule has 1 saturated heterocycles. The van der Waals surface area contributed by atoms with Gasteiger partial charge in [0.1, 0.15) is 0 Å². The first kappa shape index (κ1) is 15.8. The average Bonchev–Trinajstić information content (AvgIpc) is 3.08. The van der Waals surface area contributed by atoms with Crippen LogP contribution in [-0.4, -0.2) is 0 Å². The van der Waals surface area contributed by atoms with Gasteiger partial charge >= 0.3 is 0 Å². The lowest BCUT2D eigenvalue weighted by atomic mass is 9.76. The third kappa shape index (κ3) is 1.99. The Morgan fingerprint density at radius 1 is 0.731 bits per heavy atom. The van der Waals surface area contributed by atoms with E-state index in [-0.39, 0.29) is 5.92 Å². The highest BCUT2D eigenvalue weighted by Crippen LogP contribution is 2.61. The van der Waals surface area contributed by atoms with Crippen LogP contribution in [0.3, 0.4) is 0 Å². The summed E-state index contributed by atoms with van der Waals surface area (Å²) in [5.41, 5.74) is 4.13. The summed E-state index contributed by atoms with van der Waals surface area (Å²) in [5, 5.41) is 0. The molecule has 0 N–H and O–H groups in total. The van der Waals surface area contributed by atoms with Crippen molar-refractivity contribution >= 4 is 0 Å². The molecule has 1 unspecified atom stereocenters. The number of benzene rings is 3. The second kappa shape index (κ2) is 5.78. The average molecular weight is 344 g/mol. The summed E-state index contributed by atoms with van der Waals surface area (Å²) in [7, 11) is 0. The number of fused-ring (bicyclic) bond motifs is 4. The number of hydrogen-bond donors (Lipinski definition) is 0. The summed E-state index contributed by atoms with van der Waals surface area (Å²) < 4.78 is 6.73. The van der Waals surface area contributed by atoms with Crippen molar-refractivity contribution in [1.82, 2.24) is 0 Å². The zero-order valence-corrected chi connectivity index (χ0v) is 14.6.